The van der Waals surface area contributed by atoms with Crippen molar-refractivity contribution in [2.75, 3.05) is 0 Å². The molecular weight excluding hydrogens is 184 g/mol. The first-order valence-corrected chi connectivity index (χ1v) is 3.98. The lowest BCUT2D eigenvalue weighted by Crippen LogP contribution is -2.33. The van der Waals surface area contributed by atoms with Crippen molar-refractivity contribution in [2.24, 2.45) is 0 Å². The summed E-state index contributed by atoms with van der Waals surface area (Å²) in [5.74, 6) is -0.0249. The van der Waals surface area contributed by atoms with Gasteiger partial charge in [0.15, 0.2) is 5.78 Å². The minimum Gasteiger partial charge on any atom is -0.384 e. The smallest absolute Gasteiger partial charge is 0.162 e. The molecule has 1 fully saturated rings. The van der Waals surface area contributed by atoms with Gasteiger partial charge in [0.05, 0.1) is 0 Å². The van der Waals surface area contributed by atoms with Gasteiger partial charge >= 0.3 is 0 Å². The van der Waals surface area contributed by atoms with Gasteiger partial charge in [0.2, 0.25) is 0 Å². The first-order valence-electron chi connectivity index (χ1n) is 3.06. The summed E-state index contributed by atoms with van der Waals surface area (Å²) in [6.07, 6.45) is 1.61. The number of halogens is 1. The molecular formula is C6H9BrO2. The van der Waals surface area contributed by atoms with E-state index in [0.29, 0.717) is 6.42 Å². The zero-order valence-corrected chi connectivity index (χ0v) is 6.60. The standard InChI is InChI=1S/C6H9BrO2/c7-4-2-1-3-5(8)6(4)9/h4,6,9H,1-3H2/t4-,6+/m1/s1. The fraction of sp³-hybridized carbons (Fsp3) is 0.833. The van der Waals surface area contributed by atoms with Crippen molar-refractivity contribution < 1.29 is 9.90 Å². The number of Topliss-reactive ketones (excluding diaryl/α,β-unsaturated/α-hetero) is 1. The minimum absolute atomic E-state index is 0.00116. The maximum atomic E-state index is 10.7. The lowest BCUT2D eigenvalue weighted by Gasteiger charge is -2.20. The highest BCUT2D eigenvalue weighted by Crippen LogP contribution is 2.21. The highest BCUT2D eigenvalue weighted by Gasteiger charge is 2.27. The van der Waals surface area contributed by atoms with E-state index in [1.165, 1.54) is 0 Å². The van der Waals surface area contributed by atoms with E-state index in [0.717, 1.165) is 12.8 Å². The van der Waals surface area contributed by atoms with Crippen LogP contribution < -0.4 is 0 Å². The van der Waals surface area contributed by atoms with Crippen molar-refractivity contribution in [3.05, 3.63) is 0 Å². The topological polar surface area (TPSA) is 37.3 Å². The van der Waals surface area contributed by atoms with Crippen LogP contribution in [-0.4, -0.2) is 21.8 Å². The van der Waals surface area contributed by atoms with Gasteiger partial charge in [-0.05, 0) is 12.8 Å². The summed E-state index contributed by atoms with van der Waals surface area (Å²) in [7, 11) is 0. The molecule has 0 aromatic rings. The monoisotopic (exact) mass is 192 g/mol. The third kappa shape index (κ3) is 1.52. The average molecular weight is 193 g/mol. The normalized spacial score (nSPS) is 36.9. The van der Waals surface area contributed by atoms with E-state index in [2.05, 4.69) is 15.9 Å². The Labute approximate surface area is 62.4 Å². The fourth-order valence-electron chi connectivity index (χ4n) is 0.979. The number of aliphatic hydroxyl groups is 1. The Hall–Kier alpha value is 0.110. The molecule has 0 unspecified atom stereocenters. The number of rotatable bonds is 0. The van der Waals surface area contributed by atoms with Crippen LogP contribution in [0.3, 0.4) is 0 Å². The number of ketones is 1. The summed E-state index contributed by atoms with van der Waals surface area (Å²) in [5, 5.41) is 9.05. The van der Waals surface area contributed by atoms with Crippen molar-refractivity contribution >= 4 is 21.7 Å². The number of hydrogen-bond acceptors (Lipinski definition) is 2. The minimum atomic E-state index is -0.751. The van der Waals surface area contributed by atoms with Gasteiger partial charge in [0.1, 0.15) is 6.10 Å². The van der Waals surface area contributed by atoms with Crippen LogP contribution in [0, 0.1) is 0 Å². The summed E-state index contributed by atoms with van der Waals surface area (Å²) in [6.45, 7) is 0. The van der Waals surface area contributed by atoms with E-state index >= 15 is 0 Å². The molecule has 1 saturated carbocycles. The first kappa shape index (κ1) is 7.22. The molecule has 0 aliphatic heterocycles. The molecule has 2 nitrogen and oxygen atoms in total. The molecule has 0 spiro atoms. The van der Waals surface area contributed by atoms with E-state index in [1.807, 2.05) is 0 Å². The molecule has 1 N–H and O–H groups in total. The quantitative estimate of drug-likeness (QED) is 0.579. The second-order valence-corrected chi connectivity index (χ2v) is 3.50. The summed E-state index contributed by atoms with van der Waals surface area (Å²) < 4.78 is 0. The van der Waals surface area contributed by atoms with Crippen molar-refractivity contribution in [3.63, 3.8) is 0 Å². The van der Waals surface area contributed by atoms with Crippen LogP contribution >= 0.6 is 15.9 Å². The molecule has 0 heterocycles. The lowest BCUT2D eigenvalue weighted by molar-refractivity contribution is -0.128. The number of carbonyl (C=O) groups excluding carboxylic acids is 1. The number of hydrogen-bond donors (Lipinski definition) is 1. The SMILES string of the molecule is O=C1CCC[C@@H](Br)[C@@H]1O. The van der Waals surface area contributed by atoms with Crippen LogP contribution in [0.25, 0.3) is 0 Å². The first-order chi connectivity index (χ1) is 4.22. The van der Waals surface area contributed by atoms with Gasteiger partial charge in [-0.2, -0.15) is 0 Å². The Morgan fingerprint density at radius 1 is 1.67 bits per heavy atom. The Morgan fingerprint density at radius 2 is 2.33 bits per heavy atom. The molecule has 52 valence electrons. The summed E-state index contributed by atoms with van der Waals surface area (Å²) in [5.41, 5.74) is 0. The molecule has 1 rings (SSSR count). The highest BCUT2D eigenvalue weighted by molar-refractivity contribution is 9.09. The zero-order valence-electron chi connectivity index (χ0n) is 5.01. The van der Waals surface area contributed by atoms with Gasteiger partial charge in [-0.25, -0.2) is 0 Å². The van der Waals surface area contributed by atoms with Crippen LogP contribution in [0.4, 0.5) is 0 Å². The summed E-state index contributed by atoms with van der Waals surface area (Å²) in [6, 6.07) is 0. The predicted octanol–water partition coefficient (Wildman–Crippen LogP) is 0.864. The maximum Gasteiger partial charge on any atom is 0.162 e. The van der Waals surface area contributed by atoms with Gasteiger partial charge in [0.25, 0.3) is 0 Å². The molecule has 0 aromatic heterocycles. The van der Waals surface area contributed by atoms with Crippen LogP contribution in [0.5, 0.6) is 0 Å². The van der Waals surface area contributed by atoms with Gasteiger partial charge in [-0.3, -0.25) is 4.79 Å². The third-order valence-corrected chi connectivity index (χ3v) is 2.53. The van der Waals surface area contributed by atoms with E-state index in [-0.39, 0.29) is 10.6 Å². The van der Waals surface area contributed by atoms with Crippen LogP contribution in [0.2, 0.25) is 0 Å². The van der Waals surface area contributed by atoms with Crippen LogP contribution in [-0.2, 0) is 4.79 Å². The van der Waals surface area contributed by atoms with Crippen LogP contribution in [0.1, 0.15) is 19.3 Å². The Kier molecular flexibility index (Phi) is 2.24. The molecule has 1 aliphatic rings. The largest absolute Gasteiger partial charge is 0.384 e. The number of aliphatic hydroxyl groups excluding tert-OH is 1. The predicted molar refractivity (Wildman–Crippen MR) is 37.6 cm³/mol. The second-order valence-electron chi connectivity index (χ2n) is 2.32. The zero-order chi connectivity index (χ0) is 6.85. The molecule has 2 atom stereocenters. The molecule has 0 radical (unpaired) electrons. The van der Waals surface area contributed by atoms with Gasteiger partial charge in [0, 0.05) is 11.2 Å². The highest BCUT2D eigenvalue weighted by atomic mass is 79.9. The van der Waals surface area contributed by atoms with Crippen molar-refractivity contribution in [1.29, 1.82) is 0 Å². The Morgan fingerprint density at radius 3 is 2.78 bits per heavy atom. The summed E-state index contributed by atoms with van der Waals surface area (Å²) >= 11 is 3.22. The maximum absolute atomic E-state index is 10.7. The van der Waals surface area contributed by atoms with Crippen molar-refractivity contribution in [2.45, 2.75) is 30.2 Å². The van der Waals surface area contributed by atoms with Gasteiger partial charge < -0.3 is 5.11 Å². The molecule has 0 amide bonds. The molecule has 0 bridgehead atoms. The average Bonchev–Trinajstić information content (AvgIpc) is 1.83. The molecule has 1 aliphatic carbocycles. The second kappa shape index (κ2) is 2.80. The fourth-order valence-corrected chi connectivity index (χ4v) is 1.60. The molecule has 3 heteroatoms. The number of alkyl halides is 1. The van der Waals surface area contributed by atoms with Crippen molar-refractivity contribution in [3.8, 4) is 0 Å². The third-order valence-electron chi connectivity index (χ3n) is 1.58. The lowest BCUT2D eigenvalue weighted by atomic mass is 9.97. The van der Waals surface area contributed by atoms with E-state index in [9.17, 15) is 4.79 Å². The van der Waals surface area contributed by atoms with Gasteiger partial charge in [-0.1, -0.05) is 15.9 Å². The van der Waals surface area contributed by atoms with E-state index in [1.54, 1.807) is 0 Å². The molecule has 0 saturated heterocycles. The van der Waals surface area contributed by atoms with E-state index in [4.69, 9.17) is 5.11 Å². The summed E-state index contributed by atoms with van der Waals surface area (Å²) in [4.78, 5) is 10.7. The molecule has 0 aromatic carbocycles. The van der Waals surface area contributed by atoms with E-state index < -0.39 is 6.10 Å². The number of carbonyl (C=O) groups is 1. The van der Waals surface area contributed by atoms with Crippen LogP contribution in [0.15, 0.2) is 0 Å². The Bertz CT molecular complexity index is 124. The van der Waals surface area contributed by atoms with Gasteiger partial charge in [-0.15, -0.1) is 0 Å². The molecule has 9 heavy (non-hydrogen) atoms. The van der Waals surface area contributed by atoms with Crippen molar-refractivity contribution in [1.82, 2.24) is 0 Å². The Balaban J connectivity index is 2.51.